The number of benzene rings is 1. The molecule has 0 aliphatic carbocycles. The molecule has 1 rings (SSSR count). The van der Waals surface area contributed by atoms with Gasteiger partial charge in [0, 0.05) is 25.9 Å². The summed E-state index contributed by atoms with van der Waals surface area (Å²) in [5.74, 6) is 2.22. The van der Waals surface area contributed by atoms with Gasteiger partial charge in [-0.05, 0) is 37.5 Å². The van der Waals surface area contributed by atoms with Gasteiger partial charge in [-0.15, -0.1) is 0 Å². The summed E-state index contributed by atoms with van der Waals surface area (Å²) < 4.78 is 33.0. The molecule has 1 aromatic rings. The Morgan fingerprint density at radius 2 is 1.92 bits per heavy atom. The molecule has 0 saturated carbocycles. The molecule has 8 heteroatoms. The van der Waals surface area contributed by atoms with E-state index < -0.39 is 9.84 Å². The van der Waals surface area contributed by atoms with Crippen LogP contribution in [0.15, 0.2) is 23.2 Å². The van der Waals surface area contributed by atoms with Crippen LogP contribution in [0.1, 0.15) is 18.9 Å². The lowest BCUT2D eigenvalue weighted by Gasteiger charge is -2.17. The molecule has 0 bridgehead atoms. The van der Waals surface area contributed by atoms with E-state index in [1.54, 1.807) is 21.3 Å². The number of aliphatic imine (C=N–C) groups is 1. The first-order valence-electron chi connectivity index (χ1n) is 8.15. The third-order valence-corrected chi connectivity index (χ3v) is 4.66. The summed E-state index contributed by atoms with van der Waals surface area (Å²) in [6.45, 7) is 2.63. The van der Waals surface area contributed by atoms with Crippen LogP contribution in [0.3, 0.4) is 0 Å². The second kappa shape index (κ2) is 10.1. The maximum Gasteiger partial charge on any atom is 0.191 e. The highest BCUT2D eigenvalue weighted by Gasteiger charge is 2.09. The molecule has 1 aromatic carbocycles. The largest absolute Gasteiger partial charge is 0.493 e. The van der Waals surface area contributed by atoms with E-state index >= 15 is 0 Å². The van der Waals surface area contributed by atoms with Crippen LogP contribution in [0.25, 0.3) is 0 Å². The van der Waals surface area contributed by atoms with Gasteiger partial charge < -0.3 is 20.1 Å². The first-order valence-corrected chi connectivity index (χ1v) is 10.2. The van der Waals surface area contributed by atoms with Gasteiger partial charge in [-0.25, -0.2) is 8.42 Å². The van der Waals surface area contributed by atoms with Crippen LogP contribution < -0.4 is 20.1 Å². The number of hydrogen-bond donors (Lipinski definition) is 2. The Hall–Kier alpha value is -1.96. The van der Waals surface area contributed by atoms with E-state index in [0.29, 0.717) is 30.4 Å². The topological polar surface area (TPSA) is 89.0 Å². The maximum atomic E-state index is 11.2. The molecule has 0 heterocycles. The average Bonchev–Trinajstić information content (AvgIpc) is 2.58. The van der Waals surface area contributed by atoms with Gasteiger partial charge in [0.15, 0.2) is 17.5 Å². The van der Waals surface area contributed by atoms with E-state index in [-0.39, 0.29) is 11.8 Å². The van der Waals surface area contributed by atoms with Crippen LogP contribution >= 0.6 is 0 Å². The van der Waals surface area contributed by atoms with Crippen molar-refractivity contribution in [1.29, 1.82) is 0 Å². The standard InChI is InChI=1S/C17H29N3O4S/c1-13(9-11-25(5,21)22)20-17(18-2)19-10-8-14-6-7-15(23-3)16(12-14)24-4/h6-7,12-13H,8-11H2,1-5H3,(H2,18,19,20). The number of nitrogens with zero attached hydrogens (tertiary/aromatic N) is 1. The SMILES string of the molecule is CN=C(NCCc1ccc(OC)c(OC)c1)NC(C)CCS(C)(=O)=O. The number of rotatable bonds is 9. The van der Waals surface area contributed by atoms with Crippen molar-refractivity contribution in [1.82, 2.24) is 10.6 Å². The molecule has 25 heavy (non-hydrogen) atoms. The maximum absolute atomic E-state index is 11.2. The van der Waals surface area contributed by atoms with E-state index in [1.807, 2.05) is 25.1 Å². The van der Waals surface area contributed by atoms with E-state index in [9.17, 15) is 8.42 Å². The summed E-state index contributed by atoms with van der Waals surface area (Å²) in [7, 11) is 1.97. The number of sulfone groups is 1. The summed E-state index contributed by atoms with van der Waals surface area (Å²) in [5, 5.41) is 6.43. The smallest absolute Gasteiger partial charge is 0.191 e. The van der Waals surface area contributed by atoms with Crippen LogP contribution in [0.5, 0.6) is 11.5 Å². The minimum Gasteiger partial charge on any atom is -0.493 e. The third kappa shape index (κ3) is 8.11. The van der Waals surface area contributed by atoms with Crippen molar-refractivity contribution < 1.29 is 17.9 Å². The lowest BCUT2D eigenvalue weighted by atomic mass is 10.1. The zero-order valence-corrected chi connectivity index (χ0v) is 16.4. The highest BCUT2D eigenvalue weighted by Crippen LogP contribution is 2.27. The number of nitrogens with one attached hydrogen (secondary N) is 2. The first-order chi connectivity index (χ1) is 11.8. The van der Waals surface area contributed by atoms with Gasteiger partial charge in [0.1, 0.15) is 9.84 Å². The molecule has 1 unspecified atom stereocenters. The molecule has 0 spiro atoms. The normalized spacial score (nSPS) is 13.2. The Labute approximate surface area is 150 Å². The lowest BCUT2D eigenvalue weighted by molar-refractivity contribution is 0.354. The zero-order chi connectivity index (χ0) is 18.9. The van der Waals surface area contributed by atoms with Crippen molar-refractivity contribution in [3.63, 3.8) is 0 Å². The van der Waals surface area contributed by atoms with E-state index in [1.165, 1.54) is 6.26 Å². The van der Waals surface area contributed by atoms with Crippen molar-refractivity contribution in [2.45, 2.75) is 25.8 Å². The van der Waals surface area contributed by atoms with Crippen LogP contribution in [-0.4, -0.2) is 60.2 Å². The molecule has 0 amide bonds. The number of guanidine groups is 1. The van der Waals surface area contributed by atoms with Crippen LogP contribution in [0.2, 0.25) is 0 Å². The van der Waals surface area contributed by atoms with E-state index in [2.05, 4.69) is 15.6 Å². The van der Waals surface area contributed by atoms with Crippen molar-refractivity contribution in [2.24, 2.45) is 4.99 Å². The zero-order valence-electron chi connectivity index (χ0n) is 15.6. The monoisotopic (exact) mass is 371 g/mol. The predicted octanol–water partition coefficient (Wildman–Crippen LogP) is 1.23. The van der Waals surface area contributed by atoms with Crippen LogP contribution in [0.4, 0.5) is 0 Å². The highest BCUT2D eigenvalue weighted by atomic mass is 32.2. The molecule has 7 nitrogen and oxygen atoms in total. The van der Waals surface area contributed by atoms with Gasteiger partial charge in [0.05, 0.1) is 20.0 Å². The highest BCUT2D eigenvalue weighted by molar-refractivity contribution is 7.90. The Morgan fingerprint density at radius 1 is 1.24 bits per heavy atom. The molecule has 2 N–H and O–H groups in total. The fourth-order valence-electron chi connectivity index (χ4n) is 2.25. The van der Waals surface area contributed by atoms with Crippen molar-refractivity contribution in [2.75, 3.05) is 39.8 Å². The molecule has 1 atom stereocenters. The van der Waals surface area contributed by atoms with Gasteiger partial charge in [-0.3, -0.25) is 4.99 Å². The first kappa shape index (κ1) is 21.1. The molecule has 142 valence electrons. The van der Waals surface area contributed by atoms with Crippen LogP contribution in [-0.2, 0) is 16.3 Å². The summed E-state index contributed by atoms with van der Waals surface area (Å²) in [6.07, 6.45) is 2.57. The Balaban J connectivity index is 2.47. The van der Waals surface area contributed by atoms with Crippen LogP contribution in [0, 0.1) is 0 Å². The molecular weight excluding hydrogens is 342 g/mol. The van der Waals surface area contributed by atoms with Gasteiger partial charge >= 0.3 is 0 Å². The predicted molar refractivity (Wildman–Crippen MR) is 102 cm³/mol. The fraction of sp³-hybridized carbons (Fsp3) is 0.588. The van der Waals surface area contributed by atoms with Crippen molar-refractivity contribution in [3.8, 4) is 11.5 Å². The lowest BCUT2D eigenvalue weighted by Crippen LogP contribution is -2.43. The van der Waals surface area contributed by atoms with Gasteiger partial charge in [-0.2, -0.15) is 0 Å². The molecule has 0 saturated heterocycles. The quantitative estimate of drug-likeness (QED) is 0.501. The number of methoxy groups -OCH3 is 2. The molecule has 0 radical (unpaired) electrons. The minimum absolute atomic E-state index is 0.0157. The summed E-state index contributed by atoms with van der Waals surface area (Å²) >= 11 is 0. The minimum atomic E-state index is -2.95. The molecule has 0 aliphatic heterocycles. The average molecular weight is 372 g/mol. The Bertz CT molecular complexity index is 674. The summed E-state index contributed by atoms with van der Waals surface area (Å²) in [4.78, 5) is 4.17. The van der Waals surface area contributed by atoms with Crippen molar-refractivity contribution >= 4 is 15.8 Å². The second-order valence-electron chi connectivity index (χ2n) is 5.90. The second-order valence-corrected chi connectivity index (χ2v) is 8.16. The summed E-state index contributed by atoms with van der Waals surface area (Å²) in [5.41, 5.74) is 1.12. The van der Waals surface area contributed by atoms with E-state index in [0.717, 1.165) is 12.0 Å². The molecule has 0 aliphatic rings. The Morgan fingerprint density at radius 3 is 2.48 bits per heavy atom. The molecule has 0 fully saturated rings. The molecular formula is C17H29N3O4S. The van der Waals surface area contributed by atoms with Gasteiger partial charge in [0.25, 0.3) is 0 Å². The van der Waals surface area contributed by atoms with E-state index in [4.69, 9.17) is 9.47 Å². The number of ether oxygens (including phenoxy) is 2. The Kier molecular flexibility index (Phi) is 8.54. The van der Waals surface area contributed by atoms with Crippen molar-refractivity contribution in [3.05, 3.63) is 23.8 Å². The van der Waals surface area contributed by atoms with Gasteiger partial charge in [-0.1, -0.05) is 6.07 Å². The summed E-state index contributed by atoms with van der Waals surface area (Å²) in [6, 6.07) is 5.84. The third-order valence-electron chi connectivity index (χ3n) is 3.68. The molecule has 0 aromatic heterocycles. The fourth-order valence-corrected chi connectivity index (χ4v) is 3.03. The van der Waals surface area contributed by atoms with Gasteiger partial charge in [0.2, 0.25) is 0 Å². The number of hydrogen-bond acceptors (Lipinski definition) is 5.